The lowest BCUT2D eigenvalue weighted by Gasteiger charge is -2.53. The van der Waals surface area contributed by atoms with Crippen molar-refractivity contribution in [3.05, 3.63) is 0 Å². The van der Waals surface area contributed by atoms with E-state index in [0.29, 0.717) is 13.2 Å². The van der Waals surface area contributed by atoms with E-state index in [4.69, 9.17) is 10.5 Å². The third kappa shape index (κ3) is 2.84. The monoisotopic (exact) mass is 269 g/mol. The molecule has 0 bridgehead atoms. The van der Waals surface area contributed by atoms with E-state index in [1.54, 1.807) is 0 Å². The van der Waals surface area contributed by atoms with E-state index in [9.17, 15) is 5.11 Å². The summed E-state index contributed by atoms with van der Waals surface area (Å²) in [5.41, 5.74) is 5.47. The number of rotatable bonds is 4. The molecule has 2 atom stereocenters. The van der Waals surface area contributed by atoms with E-state index < -0.39 is 5.60 Å². The van der Waals surface area contributed by atoms with Gasteiger partial charge in [-0.3, -0.25) is 0 Å². The molecule has 112 valence electrons. The summed E-state index contributed by atoms with van der Waals surface area (Å²) in [6.07, 6.45) is 8.65. The summed E-state index contributed by atoms with van der Waals surface area (Å²) in [5, 5.41) is 11.2. The first kappa shape index (κ1) is 15.3. The van der Waals surface area contributed by atoms with Crippen LogP contribution in [0.25, 0.3) is 0 Å². The SMILES string of the molecule is CCC1CCC(CN)(C2(O)CCOC(CC)C2)CC1. The average Bonchev–Trinajstić information content (AvgIpc) is 2.47. The predicted molar refractivity (Wildman–Crippen MR) is 78.0 cm³/mol. The Morgan fingerprint density at radius 3 is 2.37 bits per heavy atom. The third-order valence-corrected chi connectivity index (χ3v) is 5.91. The van der Waals surface area contributed by atoms with Crippen LogP contribution in [0.4, 0.5) is 0 Å². The molecule has 0 radical (unpaired) electrons. The lowest BCUT2D eigenvalue weighted by Crippen LogP contribution is -2.58. The van der Waals surface area contributed by atoms with Gasteiger partial charge in [0.2, 0.25) is 0 Å². The molecule has 3 N–H and O–H groups in total. The van der Waals surface area contributed by atoms with Crippen LogP contribution in [0.5, 0.6) is 0 Å². The summed E-state index contributed by atoms with van der Waals surface area (Å²) in [5.74, 6) is 0.838. The van der Waals surface area contributed by atoms with Crippen molar-refractivity contribution in [3.8, 4) is 0 Å². The van der Waals surface area contributed by atoms with Crippen LogP contribution in [0, 0.1) is 11.3 Å². The van der Waals surface area contributed by atoms with Gasteiger partial charge in [-0.2, -0.15) is 0 Å². The van der Waals surface area contributed by atoms with Crippen LogP contribution in [0.1, 0.15) is 65.2 Å². The van der Waals surface area contributed by atoms with Gasteiger partial charge in [-0.25, -0.2) is 0 Å². The molecule has 1 aliphatic heterocycles. The van der Waals surface area contributed by atoms with Crippen molar-refractivity contribution in [1.29, 1.82) is 0 Å². The fourth-order valence-corrected chi connectivity index (χ4v) is 4.17. The van der Waals surface area contributed by atoms with Crippen LogP contribution in [0.3, 0.4) is 0 Å². The highest BCUT2D eigenvalue weighted by molar-refractivity contribution is 5.04. The Labute approximate surface area is 117 Å². The van der Waals surface area contributed by atoms with Crippen LogP contribution in [0.2, 0.25) is 0 Å². The molecule has 1 saturated heterocycles. The van der Waals surface area contributed by atoms with Gasteiger partial charge in [-0.15, -0.1) is 0 Å². The smallest absolute Gasteiger partial charge is 0.0762 e. The van der Waals surface area contributed by atoms with E-state index in [-0.39, 0.29) is 11.5 Å². The second kappa shape index (κ2) is 6.11. The van der Waals surface area contributed by atoms with Gasteiger partial charge in [0, 0.05) is 31.4 Å². The van der Waals surface area contributed by atoms with Crippen LogP contribution in [-0.2, 0) is 4.74 Å². The summed E-state index contributed by atoms with van der Waals surface area (Å²) < 4.78 is 5.74. The molecule has 19 heavy (non-hydrogen) atoms. The molecule has 0 spiro atoms. The van der Waals surface area contributed by atoms with Crippen LogP contribution in [-0.4, -0.2) is 30.0 Å². The van der Waals surface area contributed by atoms with Gasteiger partial charge in [-0.1, -0.05) is 20.3 Å². The zero-order chi connectivity index (χ0) is 13.9. The molecule has 1 saturated carbocycles. The maximum atomic E-state index is 11.2. The quantitative estimate of drug-likeness (QED) is 0.825. The highest BCUT2D eigenvalue weighted by Crippen LogP contribution is 2.51. The van der Waals surface area contributed by atoms with Gasteiger partial charge in [-0.05, 0) is 38.0 Å². The van der Waals surface area contributed by atoms with Gasteiger partial charge in [0.05, 0.1) is 11.7 Å². The molecule has 2 rings (SSSR count). The molecular weight excluding hydrogens is 238 g/mol. The summed E-state index contributed by atoms with van der Waals surface area (Å²) in [4.78, 5) is 0. The minimum atomic E-state index is -0.598. The van der Waals surface area contributed by atoms with E-state index >= 15 is 0 Å². The second-order valence-corrected chi connectivity index (χ2v) is 6.72. The molecule has 3 nitrogen and oxygen atoms in total. The first-order valence-corrected chi connectivity index (χ1v) is 8.13. The maximum absolute atomic E-state index is 11.2. The molecule has 1 heterocycles. The van der Waals surface area contributed by atoms with Gasteiger partial charge in [0.25, 0.3) is 0 Å². The Bertz CT molecular complexity index is 286. The van der Waals surface area contributed by atoms with Crippen molar-refractivity contribution in [2.24, 2.45) is 17.1 Å². The van der Waals surface area contributed by atoms with Crippen LogP contribution in [0.15, 0.2) is 0 Å². The molecule has 0 aromatic carbocycles. The molecule has 3 heteroatoms. The lowest BCUT2D eigenvalue weighted by molar-refractivity contribution is -0.178. The van der Waals surface area contributed by atoms with Crippen molar-refractivity contribution in [1.82, 2.24) is 0 Å². The van der Waals surface area contributed by atoms with E-state index in [2.05, 4.69) is 13.8 Å². The van der Waals surface area contributed by atoms with Gasteiger partial charge in [0.1, 0.15) is 0 Å². The number of hydrogen-bond donors (Lipinski definition) is 2. The minimum Gasteiger partial charge on any atom is -0.389 e. The molecule has 2 fully saturated rings. The Hall–Kier alpha value is -0.120. The van der Waals surface area contributed by atoms with E-state index in [1.165, 1.54) is 19.3 Å². The van der Waals surface area contributed by atoms with Crippen molar-refractivity contribution >= 4 is 0 Å². The first-order chi connectivity index (χ1) is 9.09. The normalized spacial score (nSPS) is 44.2. The molecular formula is C16H31NO2. The van der Waals surface area contributed by atoms with Crippen molar-refractivity contribution in [2.75, 3.05) is 13.2 Å². The topological polar surface area (TPSA) is 55.5 Å². The van der Waals surface area contributed by atoms with Crippen molar-refractivity contribution in [3.63, 3.8) is 0 Å². The Morgan fingerprint density at radius 1 is 1.16 bits per heavy atom. The van der Waals surface area contributed by atoms with Gasteiger partial charge in [0.15, 0.2) is 0 Å². The zero-order valence-corrected chi connectivity index (χ0v) is 12.7. The lowest BCUT2D eigenvalue weighted by atomic mass is 9.58. The third-order valence-electron chi connectivity index (χ3n) is 5.91. The molecule has 0 amide bonds. The average molecular weight is 269 g/mol. The highest BCUT2D eigenvalue weighted by atomic mass is 16.5. The summed E-state index contributed by atoms with van der Waals surface area (Å²) in [6, 6.07) is 0. The van der Waals surface area contributed by atoms with Crippen molar-refractivity contribution in [2.45, 2.75) is 76.9 Å². The van der Waals surface area contributed by atoms with Crippen LogP contribution >= 0.6 is 0 Å². The summed E-state index contributed by atoms with van der Waals surface area (Å²) in [7, 11) is 0. The summed E-state index contributed by atoms with van der Waals surface area (Å²) in [6.45, 7) is 5.72. The fourth-order valence-electron chi connectivity index (χ4n) is 4.17. The maximum Gasteiger partial charge on any atom is 0.0762 e. The van der Waals surface area contributed by atoms with Gasteiger partial charge < -0.3 is 15.6 Å². The molecule has 2 unspecified atom stereocenters. The first-order valence-electron chi connectivity index (χ1n) is 8.13. The molecule has 2 aliphatic rings. The molecule has 0 aromatic rings. The summed E-state index contributed by atoms with van der Waals surface area (Å²) >= 11 is 0. The van der Waals surface area contributed by atoms with E-state index in [0.717, 1.165) is 38.0 Å². The largest absolute Gasteiger partial charge is 0.389 e. The second-order valence-electron chi connectivity index (χ2n) is 6.72. The molecule has 1 aliphatic carbocycles. The standard InChI is InChI=1S/C16H31NO2/c1-3-13-5-7-15(12-17,8-6-13)16(18)9-10-19-14(4-2)11-16/h13-14,18H,3-12,17H2,1-2H3. The highest BCUT2D eigenvalue weighted by Gasteiger charge is 2.52. The number of nitrogens with two attached hydrogens (primary N) is 1. The number of hydrogen-bond acceptors (Lipinski definition) is 3. The Balaban J connectivity index is 2.11. The van der Waals surface area contributed by atoms with Gasteiger partial charge >= 0.3 is 0 Å². The Kier molecular flexibility index (Phi) is 4.91. The minimum absolute atomic E-state index is 0.0597. The van der Waals surface area contributed by atoms with E-state index in [1.807, 2.05) is 0 Å². The number of aliphatic hydroxyl groups is 1. The Morgan fingerprint density at radius 2 is 1.84 bits per heavy atom. The fraction of sp³-hybridized carbons (Fsp3) is 1.00. The molecule has 0 aromatic heterocycles. The zero-order valence-electron chi connectivity index (χ0n) is 12.7. The number of ether oxygens (including phenoxy) is 1. The predicted octanol–water partition coefficient (Wildman–Crippen LogP) is 2.85. The van der Waals surface area contributed by atoms with Crippen molar-refractivity contribution < 1.29 is 9.84 Å². The van der Waals surface area contributed by atoms with Crippen LogP contribution < -0.4 is 5.73 Å².